The van der Waals surface area contributed by atoms with Gasteiger partial charge in [-0.3, -0.25) is 19.7 Å². The highest BCUT2D eigenvalue weighted by Crippen LogP contribution is 2.31. The van der Waals surface area contributed by atoms with Gasteiger partial charge in [-0.1, -0.05) is 30.3 Å². The molecule has 0 aliphatic heterocycles. The lowest BCUT2D eigenvalue weighted by atomic mass is 9.85. The lowest BCUT2D eigenvalue weighted by molar-refractivity contribution is -0.484. The molecule has 154 valence electrons. The van der Waals surface area contributed by atoms with E-state index in [0.29, 0.717) is 17.1 Å². The highest BCUT2D eigenvalue weighted by molar-refractivity contribution is 5.96. The number of nitrogens with zero attached hydrogens (tertiary/aromatic N) is 1. The number of nitro groups is 1. The number of hydrogen-bond acceptors (Lipinski definition) is 7. The Morgan fingerprint density at radius 3 is 2.07 bits per heavy atom. The highest BCUT2D eigenvalue weighted by atomic mass is 16.6. The van der Waals surface area contributed by atoms with Crippen LogP contribution in [-0.2, 0) is 19.1 Å². The van der Waals surface area contributed by atoms with Gasteiger partial charge in [0.05, 0.1) is 19.1 Å². The SMILES string of the molecule is CCOC(=O)C(C(=O)OCC)[C@H](C[N+](=O)[O-])c1cccc(Oc2ccccc2)c1. The second kappa shape index (κ2) is 10.8. The van der Waals surface area contributed by atoms with E-state index in [-0.39, 0.29) is 13.2 Å². The summed E-state index contributed by atoms with van der Waals surface area (Å²) in [5.74, 6) is -3.22. The minimum atomic E-state index is -1.45. The number of esters is 2. The van der Waals surface area contributed by atoms with Gasteiger partial charge in [-0.25, -0.2) is 0 Å². The molecular formula is C21H23NO7. The van der Waals surface area contributed by atoms with Gasteiger partial charge in [0.25, 0.3) is 0 Å². The van der Waals surface area contributed by atoms with Gasteiger partial charge in [0.1, 0.15) is 11.5 Å². The smallest absolute Gasteiger partial charge is 0.321 e. The van der Waals surface area contributed by atoms with Crippen LogP contribution >= 0.6 is 0 Å². The monoisotopic (exact) mass is 401 g/mol. The molecule has 0 unspecified atom stereocenters. The van der Waals surface area contributed by atoms with Crippen molar-refractivity contribution >= 4 is 11.9 Å². The van der Waals surface area contributed by atoms with Crippen molar-refractivity contribution < 1.29 is 28.7 Å². The van der Waals surface area contributed by atoms with Crippen LogP contribution in [0.25, 0.3) is 0 Å². The van der Waals surface area contributed by atoms with Crippen LogP contribution in [0.5, 0.6) is 11.5 Å². The van der Waals surface area contributed by atoms with Crippen LogP contribution in [0, 0.1) is 16.0 Å². The summed E-state index contributed by atoms with van der Waals surface area (Å²) in [5.41, 5.74) is 0.404. The Kier molecular flexibility index (Phi) is 8.14. The Morgan fingerprint density at radius 2 is 1.52 bits per heavy atom. The van der Waals surface area contributed by atoms with Gasteiger partial charge in [0.2, 0.25) is 6.54 Å². The van der Waals surface area contributed by atoms with Gasteiger partial charge in [-0.15, -0.1) is 0 Å². The van der Waals surface area contributed by atoms with Crippen LogP contribution < -0.4 is 4.74 Å². The Hall–Kier alpha value is -3.42. The van der Waals surface area contributed by atoms with Crippen molar-refractivity contribution in [3.05, 3.63) is 70.3 Å². The second-order valence-electron chi connectivity index (χ2n) is 6.09. The van der Waals surface area contributed by atoms with Crippen LogP contribution in [-0.4, -0.2) is 36.6 Å². The molecule has 2 aromatic rings. The molecule has 2 rings (SSSR count). The van der Waals surface area contributed by atoms with E-state index in [0.717, 1.165) is 0 Å². The summed E-state index contributed by atoms with van der Waals surface area (Å²) < 4.78 is 15.7. The molecule has 0 aliphatic rings. The largest absolute Gasteiger partial charge is 0.465 e. The maximum atomic E-state index is 12.5. The highest BCUT2D eigenvalue weighted by Gasteiger charge is 2.41. The van der Waals surface area contributed by atoms with Crippen LogP contribution in [0.3, 0.4) is 0 Å². The number of para-hydroxylation sites is 1. The molecule has 0 N–H and O–H groups in total. The van der Waals surface area contributed by atoms with E-state index in [9.17, 15) is 19.7 Å². The molecule has 0 fully saturated rings. The van der Waals surface area contributed by atoms with Crippen molar-refractivity contribution in [3.8, 4) is 11.5 Å². The van der Waals surface area contributed by atoms with E-state index in [1.807, 2.05) is 18.2 Å². The maximum absolute atomic E-state index is 12.5. The van der Waals surface area contributed by atoms with Gasteiger partial charge < -0.3 is 14.2 Å². The summed E-state index contributed by atoms with van der Waals surface area (Å²) in [4.78, 5) is 35.6. The maximum Gasteiger partial charge on any atom is 0.321 e. The second-order valence-corrected chi connectivity index (χ2v) is 6.09. The molecule has 0 aliphatic carbocycles. The predicted molar refractivity (Wildman–Crippen MR) is 104 cm³/mol. The third kappa shape index (κ3) is 6.31. The van der Waals surface area contributed by atoms with Crippen molar-refractivity contribution in [2.24, 2.45) is 5.92 Å². The van der Waals surface area contributed by atoms with E-state index in [2.05, 4.69) is 0 Å². The number of carbonyl (C=O) groups is 2. The van der Waals surface area contributed by atoms with E-state index < -0.39 is 35.2 Å². The summed E-state index contributed by atoms with van der Waals surface area (Å²) in [7, 11) is 0. The number of benzene rings is 2. The Morgan fingerprint density at radius 1 is 0.931 bits per heavy atom. The molecule has 2 aromatic carbocycles. The van der Waals surface area contributed by atoms with Crippen molar-refractivity contribution in [3.63, 3.8) is 0 Å². The average molecular weight is 401 g/mol. The first kappa shape index (κ1) is 21.9. The molecule has 0 bridgehead atoms. The normalized spacial score (nSPS) is 11.6. The standard InChI is InChI=1S/C21H23NO7/c1-3-27-20(23)19(21(24)28-4-2)18(14-22(25)26)15-9-8-12-17(13-15)29-16-10-6-5-7-11-16/h5-13,18-19H,3-4,14H2,1-2H3/t18-/m1/s1. The van der Waals surface area contributed by atoms with Crippen LogP contribution in [0.2, 0.25) is 0 Å². The zero-order valence-electron chi connectivity index (χ0n) is 16.3. The number of ether oxygens (including phenoxy) is 3. The van der Waals surface area contributed by atoms with Gasteiger partial charge >= 0.3 is 11.9 Å². The minimum Gasteiger partial charge on any atom is -0.465 e. The van der Waals surface area contributed by atoms with Gasteiger partial charge in [-0.05, 0) is 43.7 Å². The molecule has 0 radical (unpaired) electrons. The van der Waals surface area contributed by atoms with Gasteiger partial charge in [0, 0.05) is 4.92 Å². The van der Waals surface area contributed by atoms with Crippen molar-refractivity contribution in [1.82, 2.24) is 0 Å². The third-order valence-electron chi connectivity index (χ3n) is 4.09. The van der Waals surface area contributed by atoms with E-state index in [1.54, 1.807) is 50.2 Å². The first-order chi connectivity index (χ1) is 14.0. The predicted octanol–water partition coefficient (Wildman–Crippen LogP) is 3.58. The van der Waals surface area contributed by atoms with Gasteiger partial charge in [0.15, 0.2) is 5.92 Å². The fraction of sp³-hybridized carbons (Fsp3) is 0.333. The quantitative estimate of drug-likeness (QED) is 0.259. The Balaban J connectivity index is 2.41. The summed E-state index contributed by atoms with van der Waals surface area (Å²) in [6, 6.07) is 15.5. The summed E-state index contributed by atoms with van der Waals surface area (Å²) >= 11 is 0. The Labute approximate surface area is 168 Å². The number of rotatable bonds is 10. The average Bonchev–Trinajstić information content (AvgIpc) is 2.68. The van der Waals surface area contributed by atoms with Gasteiger partial charge in [-0.2, -0.15) is 0 Å². The fourth-order valence-electron chi connectivity index (χ4n) is 2.89. The topological polar surface area (TPSA) is 105 Å². The summed E-state index contributed by atoms with van der Waals surface area (Å²) in [6.45, 7) is 2.62. The Bertz CT molecular complexity index is 820. The van der Waals surface area contributed by atoms with Crippen LogP contribution in [0.1, 0.15) is 25.3 Å². The number of carbonyl (C=O) groups excluding carboxylic acids is 2. The zero-order chi connectivity index (χ0) is 21.2. The summed E-state index contributed by atoms with van der Waals surface area (Å²) in [6.07, 6.45) is 0. The van der Waals surface area contributed by atoms with Crippen molar-refractivity contribution in [1.29, 1.82) is 0 Å². The minimum absolute atomic E-state index is 0.0388. The number of hydrogen-bond donors (Lipinski definition) is 0. The first-order valence-electron chi connectivity index (χ1n) is 9.24. The lowest BCUT2D eigenvalue weighted by Gasteiger charge is -2.22. The van der Waals surface area contributed by atoms with E-state index in [4.69, 9.17) is 14.2 Å². The first-order valence-corrected chi connectivity index (χ1v) is 9.24. The van der Waals surface area contributed by atoms with E-state index in [1.165, 1.54) is 0 Å². The molecule has 8 nitrogen and oxygen atoms in total. The molecule has 8 heteroatoms. The lowest BCUT2D eigenvalue weighted by Crippen LogP contribution is -2.36. The molecule has 0 saturated carbocycles. The molecule has 0 saturated heterocycles. The van der Waals surface area contributed by atoms with Crippen molar-refractivity contribution in [2.75, 3.05) is 19.8 Å². The molecule has 0 aromatic heterocycles. The third-order valence-corrected chi connectivity index (χ3v) is 4.09. The molecule has 0 spiro atoms. The van der Waals surface area contributed by atoms with Crippen LogP contribution in [0.15, 0.2) is 54.6 Å². The van der Waals surface area contributed by atoms with Crippen LogP contribution in [0.4, 0.5) is 0 Å². The fourth-order valence-corrected chi connectivity index (χ4v) is 2.89. The molecule has 0 amide bonds. The molecule has 29 heavy (non-hydrogen) atoms. The molecule has 1 atom stereocenters. The van der Waals surface area contributed by atoms with E-state index >= 15 is 0 Å². The zero-order valence-corrected chi connectivity index (χ0v) is 16.3. The summed E-state index contributed by atoms with van der Waals surface area (Å²) in [5, 5.41) is 11.3. The molecule has 0 heterocycles. The van der Waals surface area contributed by atoms with Crippen molar-refractivity contribution in [2.45, 2.75) is 19.8 Å². The molecular weight excluding hydrogens is 378 g/mol.